The number of hydrogen-bond donors (Lipinski definition) is 2. The van der Waals surface area contributed by atoms with E-state index in [0.29, 0.717) is 11.5 Å². The summed E-state index contributed by atoms with van der Waals surface area (Å²) < 4.78 is 10.4. The van der Waals surface area contributed by atoms with Crippen LogP contribution in [0, 0.1) is 0 Å². The third kappa shape index (κ3) is 3.33. The molecule has 29 heavy (non-hydrogen) atoms. The zero-order chi connectivity index (χ0) is 20.5. The van der Waals surface area contributed by atoms with Crippen LogP contribution in [0.25, 0.3) is 0 Å². The number of hydrogen-bond acceptors (Lipinski definition) is 5. The number of fused-ring (bicyclic) bond motifs is 1. The van der Waals surface area contributed by atoms with Gasteiger partial charge < -0.3 is 24.6 Å². The molecule has 1 aliphatic rings. The highest BCUT2D eigenvalue weighted by Crippen LogP contribution is 2.43. The van der Waals surface area contributed by atoms with Crippen molar-refractivity contribution in [1.29, 1.82) is 0 Å². The molecule has 2 N–H and O–H groups in total. The van der Waals surface area contributed by atoms with E-state index in [-0.39, 0.29) is 23.8 Å². The zero-order valence-corrected chi connectivity index (χ0v) is 16.1. The highest BCUT2D eigenvalue weighted by molar-refractivity contribution is 5.98. The summed E-state index contributed by atoms with van der Waals surface area (Å²) in [4.78, 5) is 14.9. The van der Waals surface area contributed by atoms with Gasteiger partial charge in [-0.3, -0.25) is 4.79 Å². The molecule has 0 aromatic heterocycles. The summed E-state index contributed by atoms with van der Waals surface area (Å²) in [5.74, 6) is 1.11. The molecule has 1 unspecified atom stereocenters. The van der Waals surface area contributed by atoms with E-state index in [2.05, 4.69) is 0 Å². The number of methoxy groups -OCH3 is 2. The molecule has 1 aliphatic heterocycles. The maximum Gasteiger partial charge on any atom is 0.232 e. The predicted octanol–water partition coefficient (Wildman–Crippen LogP) is 3.79. The Balaban J connectivity index is 1.90. The minimum atomic E-state index is -0.461. The minimum absolute atomic E-state index is 0.0130. The number of phenolic OH excluding ortho intramolecular Hbond substituents is 2. The third-order valence-electron chi connectivity index (χ3n) is 5.16. The number of nitrogens with zero attached hydrogens (tertiary/aromatic N) is 1. The number of carbonyl (C=O) groups excluding carboxylic acids is 1. The molecular weight excluding hydrogens is 370 g/mol. The lowest BCUT2D eigenvalue weighted by Gasteiger charge is -2.38. The smallest absolute Gasteiger partial charge is 0.232 e. The number of ether oxygens (including phenoxy) is 2. The van der Waals surface area contributed by atoms with Gasteiger partial charge in [0.1, 0.15) is 11.5 Å². The summed E-state index contributed by atoms with van der Waals surface area (Å²) in [5.41, 5.74) is 3.14. The fourth-order valence-electron chi connectivity index (χ4n) is 3.75. The lowest BCUT2D eigenvalue weighted by Crippen LogP contribution is -2.41. The Hall–Kier alpha value is -3.67. The molecule has 1 atom stereocenters. The van der Waals surface area contributed by atoms with Crippen molar-refractivity contribution < 1.29 is 24.5 Å². The summed E-state index contributed by atoms with van der Waals surface area (Å²) in [6, 6.07) is 16.9. The summed E-state index contributed by atoms with van der Waals surface area (Å²) in [5, 5.41) is 20.1. The van der Waals surface area contributed by atoms with Gasteiger partial charge in [-0.2, -0.15) is 0 Å². The van der Waals surface area contributed by atoms with Crippen LogP contribution in [-0.4, -0.2) is 30.3 Å². The van der Waals surface area contributed by atoms with Gasteiger partial charge in [-0.15, -0.1) is 0 Å². The second kappa shape index (κ2) is 7.39. The Labute approximate surface area is 168 Å². The second-order valence-corrected chi connectivity index (χ2v) is 6.86. The van der Waals surface area contributed by atoms with E-state index in [1.54, 1.807) is 60.5 Å². The van der Waals surface area contributed by atoms with Crippen molar-refractivity contribution in [2.45, 2.75) is 12.5 Å². The molecule has 6 heteroatoms. The molecule has 0 spiro atoms. The molecular formula is C23H21NO5. The Morgan fingerprint density at radius 3 is 2.24 bits per heavy atom. The molecule has 6 nitrogen and oxygen atoms in total. The summed E-state index contributed by atoms with van der Waals surface area (Å²) in [6.07, 6.45) is 0.187. The molecule has 3 aromatic carbocycles. The fraction of sp³-hybridized carbons (Fsp3) is 0.174. The lowest BCUT2D eigenvalue weighted by atomic mass is 9.87. The molecule has 4 rings (SSSR count). The van der Waals surface area contributed by atoms with Crippen LogP contribution in [0.2, 0.25) is 0 Å². The molecule has 148 valence electrons. The number of aromatic hydroxyl groups is 2. The van der Waals surface area contributed by atoms with Crippen LogP contribution in [0.1, 0.15) is 22.7 Å². The second-order valence-electron chi connectivity index (χ2n) is 6.86. The fourth-order valence-corrected chi connectivity index (χ4v) is 3.75. The molecule has 0 aliphatic carbocycles. The Morgan fingerprint density at radius 1 is 0.931 bits per heavy atom. The minimum Gasteiger partial charge on any atom is -0.508 e. The van der Waals surface area contributed by atoms with Gasteiger partial charge in [0.2, 0.25) is 5.91 Å². The standard InChI is InChI=1S/C23H21NO5/c1-28-18-9-5-16(6-10-18)24-22(27)12-15-11-21(29-2)20(26)13-19(15)23(24)14-3-7-17(25)8-4-14/h3-11,13,23,25-26H,12H2,1-2H3. The third-order valence-corrected chi connectivity index (χ3v) is 5.16. The van der Waals surface area contributed by atoms with Gasteiger partial charge in [0, 0.05) is 5.69 Å². The van der Waals surface area contributed by atoms with Gasteiger partial charge in [-0.1, -0.05) is 12.1 Å². The molecule has 1 heterocycles. The van der Waals surface area contributed by atoms with E-state index < -0.39 is 6.04 Å². The van der Waals surface area contributed by atoms with Crippen molar-refractivity contribution in [2.24, 2.45) is 0 Å². The van der Waals surface area contributed by atoms with Gasteiger partial charge >= 0.3 is 0 Å². The monoisotopic (exact) mass is 391 g/mol. The topological polar surface area (TPSA) is 79.2 Å². The van der Waals surface area contributed by atoms with Crippen LogP contribution < -0.4 is 14.4 Å². The number of benzene rings is 3. The average molecular weight is 391 g/mol. The van der Waals surface area contributed by atoms with E-state index in [1.807, 2.05) is 12.1 Å². The van der Waals surface area contributed by atoms with Crippen LogP contribution in [0.3, 0.4) is 0 Å². The number of amides is 1. The van der Waals surface area contributed by atoms with Crippen molar-refractivity contribution in [3.63, 3.8) is 0 Å². The molecule has 1 amide bonds. The molecule has 0 radical (unpaired) electrons. The molecule has 3 aromatic rings. The first-order valence-electron chi connectivity index (χ1n) is 9.16. The summed E-state index contributed by atoms with van der Waals surface area (Å²) in [7, 11) is 3.07. The van der Waals surface area contributed by atoms with E-state index >= 15 is 0 Å². The normalized spacial score (nSPS) is 15.7. The number of anilines is 1. The highest BCUT2D eigenvalue weighted by Gasteiger charge is 2.35. The van der Waals surface area contributed by atoms with Crippen molar-refractivity contribution in [1.82, 2.24) is 0 Å². The number of phenols is 2. The van der Waals surface area contributed by atoms with Crippen LogP contribution >= 0.6 is 0 Å². The van der Waals surface area contributed by atoms with E-state index in [0.717, 1.165) is 22.4 Å². The van der Waals surface area contributed by atoms with Crippen molar-refractivity contribution in [3.8, 4) is 23.0 Å². The Morgan fingerprint density at radius 2 is 1.62 bits per heavy atom. The highest BCUT2D eigenvalue weighted by atomic mass is 16.5. The summed E-state index contributed by atoms with van der Waals surface area (Å²) in [6.45, 7) is 0. The largest absolute Gasteiger partial charge is 0.508 e. The van der Waals surface area contributed by atoms with E-state index in [9.17, 15) is 15.0 Å². The van der Waals surface area contributed by atoms with Gasteiger partial charge in [0.05, 0.1) is 26.7 Å². The van der Waals surface area contributed by atoms with Crippen LogP contribution in [0.4, 0.5) is 5.69 Å². The first-order chi connectivity index (χ1) is 14.0. The van der Waals surface area contributed by atoms with Crippen molar-refractivity contribution in [3.05, 3.63) is 77.4 Å². The quantitative estimate of drug-likeness (QED) is 0.707. The zero-order valence-electron chi connectivity index (χ0n) is 16.1. The van der Waals surface area contributed by atoms with E-state index in [4.69, 9.17) is 9.47 Å². The van der Waals surface area contributed by atoms with Gasteiger partial charge in [-0.25, -0.2) is 0 Å². The Bertz CT molecular complexity index is 1040. The van der Waals surface area contributed by atoms with E-state index in [1.165, 1.54) is 7.11 Å². The van der Waals surface area contributed by atoms with Gasteiger partial charge in [0.25, 0.3) is 0 Å². The SMILES string of the molecule is COc1ccc(N2C(=O)Cc3cc(OC)c(O)cc3C2c2ccc(O)cc2)cc1. The molecule has 0 saturated heterocycles. The average Bonchev–Trinajstić information content (AvgIpc) is 2.73. The summed E-state index contributed by atoms with van der Waals surface area (Å²) >= 11 is 0. The predicted molar refractivity (Wildman–Crippen MR) is 109 cm³/mol. The van der Waals surface area contributed by atoms with Crippen molar-refractivity contribution >= 4 is 11.6 Å². The number of carbonyl (C=O) groups is 1. The van der Waals surface area contributed by atoms with Crippen LogP contribution in [0.15, 0.2) is 60.7 Å². The molecule has 0 bridgehead atoms. The first kappa shape index (κ1) is 18.7. The van der Waals surface area contributed by atoms with Gasteiger partial charge in [-0.05, 0) is 65.2 Å². The lowest BCUT2D eigenvalue weighted by molar-refractivity contribution is -0.118. The first-order valence-corrected chi connectivity index (χ1v) is 9.16. The van der Waals surface area contributed by atoms with Crippen LogP contribution in [-0.2, 0) is 11.2 Å². The van der Waals surface area contributed by atoms with Gasteiger partial charge in [0.15, 0.2) is 11.5 Å². The molecule has 0 fully saturated rings. The maximum absolute atomic E-state index is 13.2. The van der Waals surface area contributed by atoms with Crippen LogP contribution in [0.5, 0.6) is 23.0 Å². The maximum atomic E-state index is 13.2. The number of rotatable bonds is 4. The van der Waals surface area contributed by atoms with Crippen molar-refractivity contribution in [2.75, 3.05) is 19.1 Å². The Kier molecular flexibility index (Phi) is 4.76. The molecule has 0 saturated carbocycles.